The Morgan fingerprint density at radius 1 is 1.32 bits per heavy atom. The topological polar surface area (TPSA) is 84.4 Å². The average Bonchev–Trinajstić information content (AvgIpc) is 3.39. The largest absolute Gasteiger partial charge is 0.466 e. The number of ether oxygens (including phenoxy) is 1. The molecule has 1 aromatic rings. The molecule has 0 saturated heterocycles. The maximum atomic E-state index is 12.4. The number of anilines is 1. The molecule has 0 unspecified atom stereocenters. The molecular weight excluding hydrogens is 304 g/mol. The number of amides is 2. The highest BCUT2D eigenvalue weighted by Gasteiger charge is 2.33. The van der Waals surface area contributed by atoms with Crippen LogP contribution in [0, 0.1) is 0 Å². The van der Waals surface area contributed by atoms with Gasteiger partial charge in [0.05, 0.1) is 13.0 Å². The lowest BCUT2D eigenvalue weighted by Crippen LogP contribution is -2.38. The van der Waals surface area contributed by atoms with Gasteiger partial charge in [-0.05, 0) is 32.6 Å². The third-order valence-corrected chi connectivity index (χ3v) is 4.69. The minimum atomic E-state index is -0.270. The summed E-state index contributed by atoms with van der Waals surface area (Å²) in [5.41, 5.74) is 0. The number of esters is 1. The Morgan fingerprint density at radius 2 is 2.09 bits per heavy atom. The summed E-state index contributed by atoms with van der Waals surface area (Å²) in [6.45, 7) is 2.52. The Balaban J connectivity index is 1.53. The quantitative estimate of drug-likeness (QED) is 0.778. The fraction of sp³-hybridized carbons (Fsp3) is 0.714. The Labute approximate surface area is 133 Å². The van der Waals surface area contributed by atoms with Crippen molar-refractivity contribution in [2.45, 2.75) is 51.0 Å². The highest BCUT2D eigenvalue weighted by Crippen LogP contribution is 2.42. The van der Waals surface area contributed by atoms with E-state index in [9.17, 15) is 9.59 Å². The number of carbonyl (C=O) groups is 2. The van der Waals surface area contributed by atoms with Gasteiger partial charge in [0.2, 0.25) is 5.13 Å². The number of nitrogens with zero attached hydrogens (tertiary/aromatic N) is 3. The van der Waals surface area contributed by atoms with E-state index < -0.39 is 0 Å². The molecule has 0 aliphatic heterocycles. The van der Waals surface area contributed by atoms with E-state index in [2.05, 4.69) is 15.5 Å². The van der Waals surface area contributed by atoms with Gasteiger partial charge in [0.25, 0.3) is 0 Å². The van der Waals surface area contributed by atoms with Crippen LogP contribution < -0.4 is 5.32 Å². The van der Waals surface area contributed by atoms with Crippen LogP contribution >= 0.6 is 11.3 Å². The summed E-state index contributed by atoms with van der Waals surface area (Å²) >= 11 is 1.44. The molecule has 0 aromatic carbocycles. The van der Waals surface area contributed by atoms with Crippen molar-refractivity contribution in [1.82, 2.24) is 15.1 Å². The van der Waals surface area contributed by atoms with Crippen molar-refractivity contribution in [2.24, 2.45) is 0 Å². The number of aromatic nitrogens is 2. The van der Waals surface area contributed by atoms with E-state index >= 15 is 0 Å². The van der Waals surface area contributed by atoms with Gasteiger partial charge in [0, 0.05) is 18.5 Å². The van der Waals surface area contributed by atoms with Crippen LogP contribution in [0.5, 0.6) is 0 Å². The second kappa shape index (κ2) is 6.60. The van der Waals surface area contributed by atoms with Gasteiger partial charge in [-0.25, -0.2) is 4.79 Å². The molecule has 0 spiro atoms. The smallest absolute Gasteiger partial charge is 0.323 e. The monoisotopic (exact) mass is 324 g/mol. The third kappa shape index (κ3) is 3.94. The number of nitrogens with one attached hydrogen (secondary N) is 1. The second-order valence-corrected chi connectivity index (χ2v) is 6.64. The van der Waals surface area contributed by atoms with E-state index in [1.165, 1.54) is 11.3 Å². The second-order valence-electron chi connectivity index (χ2n) is 5.63. The van der Waals surface area contributed by atoms with Crippen LogP contribution in [-0.2, 0) is 9.53 Å². The van der Waals surface area contributed by atoms with Gasteiger partial charge in [-0.3, -0.25) is 10.1 Å². The summed E-state index contributed by atoms with van der Waals surface area (Å²) in [6.07, 6.45) is 4.52. The first kappa shape index (κ1) is 15.2. The van der Waals surface area contributed by atoms with Gasteiger partial charge in [0.15, 0.2) is 0 Å². The predicted molar refractivity (Wildman–Crippen MR) is 81.9 cm³/mol. The lowest BCUT2D eigenvalue weighted by atomic mass is 10.4. The van der Waals surface area contributed by atoms with Gasteiger partial charge in [0.1, 0.15) is 5.01 Å². The molecule has 1 heterocycles. The van der Waals surface area contributed by atoms with Crippen molar-refractivity contribution in [3.8, 4) is 0 Å². The van der Waals surface area contributed by atoms with Gasteiger partial charge < -0.3 is 9.64 Å². The third-order valence-electron chi connectivity index (χ3n) is 3.69. The van der Waals surface area contributed by atoms with E-state index in [4.69, 9.17) is 4.74 Å². The highest BCUT2D eigenvalue weighted by molar-refractivity contribution is 7.15. The molecular formula is C14H20N4O3S. The van der Waals surface area contributed by atoms with E-state index in [0.717, 1.165) is 30.7 Å². The molecule has 0 bridgehead atoms. The minimum absolute atomic E-state index is 0.203. The molecule has 2 saturated carbocycles. The molecule has 0 atom stereocenters. The molecule has 2 amide bonds. The van der Waals surface area contributed by atoms with Gasteiger partial charge in [-0.1, -0.05) is 11.3 Å². The van der Waals surface area contributed by atoms with Crippen molar-refractivity contribution in [3.63, 3.8) is 0 Å². The molecule has 8 heteroatoms. The van der Waals surface area contributed by atoms with Crippen LogP contribution in [0.25, 0.3) is 0 Å². The summed E-state index contributed by atoms with van der Waals surface area (Å²) in [4.78, 5) is 25.5. The SMILES string of the molecule is CCOC(=O)CCN(C(=O)Nc1nnc(C2CC2)s1)C1CC1. The average molecular weight is 324 g/mol. The van der Waals surface area contributed by atoms with E-state index in [0.29, 0.717) is 24.2 Å². The summed E-state index contributed by atoms with van der Waals surface area (Å²) in [5, 5.41) is 12.5. The summed E-state index contributed by atoms with van der Waals surface area (Å²) in [5.74, 6) is 0.263. The number of urea groups is 1. The van der Waals surface area contributed by atoms with Crippen molar-refractivity contribution in [2.75, 3.05) is 18.5 Å². The molecule has 1 aromatic heterocycles. The van der Waals surface area contributed by atoms with Crippen LogP contribution in [0.15, 0.2) is 0 Å². The normalized spacial score (nSPS) is 17.1. The van der Waals surface area contributed by atoms with Crippen LogP contribution in [0.3, 0.4) is 0 Å². The Morgan fingerprint density at radius 3 is 2.73 bits per heavy atom. The Kier molecular flexibility index (Phi) is 4.56. The molecule has 7 nitrogen and oxygen atoms in total. The zero-order valence-corrected chi connectivity index (χ0v) is 13.4. The standard InChI is InChI=1S/C14H20N4O3S/c1-2-21-11(19)7-8-18(10-5-6-10)14(20)15-13-17-16-12(22-13)9-3-4-9/h9-10H,2-8H2,1H3,(H,15,17,20). The molecule has 1 N–H and O–H groups in total. The van der Waals surface area contributed by atoms with E-state index in [1.54, 1.807) is 11.8 Å². The molecule has 2 aliphatic carbocycles. The zero-order chi connectivity index (χ0) is 15.5. The molecule has 0 radical (unpaired) electrons. The lowest BCUT2D eigenvalue weighted by molar-refractivity contribution is -0.143. The first-order valence-corrected chi connectivity index (χ1v) is 8.55. The predicted octanol–water partition coefficient (Wildman–Crippen LogP) is 2.37. The van der Waals surface area contributed by atoms with Gasteiger partial charge in [-0.15, -0.1) is 10.2 Å². The summed E-state index contributed by atoms with van der Waals surface area (Å²) in [7, 11) is 0. The van der Waals surface area contributed by atoms with Crippen LogP contribution in [-0.4, -0.2) is 46.3 Å². The molecule has 120 valence electrons. The highest BCUT2D eigenvalue weighted by atomic mass is 32.1. The number of rotatable bonds is 7. The maximum absolute atomic E-state index is 12.4. The minimum Gasteiger partial charge on any atom is -0.466 e. The van der Waals surface area contributed by atoms with Crippen LogP contribution in [0.2, 0.25) is 0 Å². The number of hydrogen-bond acceptors (Lipinski definition) is 6. The Hall–Kier alpha value is -1.70. The number of carbonyl (C=O) groups excluding carboxylic acids is 2. The molecule has 2 aliphatic rings. The van der Waals surface area contributed by atoms with Gasteiger partial charge >= 0.3 is 12.0 Å². The zero-order valence-electron chi connectivity index (χ0n) is 12.6. The first-order chi connectivity index (χ1) is 10.7. The van der Waals surface area contributed by atoms with Gasteiger partial charge in [-0.2, -0.15) is 0 Å². The fourth-order valence-corrected chi connectivity index (χ4v) is 3.13. The number of hydrogen-bond donors (Lipinski definition) is 1. The summed E-state index contributed by atoms with van der Waals surface area (Å²) in [6, 6.07) is 0.0237. The Bertz CT molecular complexity index is 554. The van der Waals surface area contributed by atoms with E-state index in [-0.39, 0.29) is 24.5 Å². The maximum Gasteiger partial charge on any atom is 0.323 e. The van der Waals surface area contributed by atoms with Crippen LogP contribution in [0.4, 0.5) is 9.93 Å². The molecule has 3 rings (SSSR count). The van der Waals surface area contributed by atoms with Crippen molar-refractivity contribution >= 4 is 28.5 Å². The molecule has 2 fully saturated rings. The van der Waals surface area contributed by atoms with Crippen molar-refractivity contribution in [1.29, 1.82) is 0 Å². The van der Waals surface area contributed by atoms with Crippen LogP contribution in [0.1, 0.15) is 50.0 Å². The van der Waals surface area contributed by atoms with Crippen molar-refractivity contribution < 1.29 is 14.3 Å². The van der Waals surface area contributed by atoms with E-state index in [1.807, 2.05) is 0 Å². The first-order valence-electron chi connectivity index (χ1n) is 7.74. The van der Waals surface area contributed by atoms with Crippen molar-refractivity contribution in [3.05, 3.63) is 5.01 Å². The fourth-order valence-electron chi connectivity index (χ4n) is 2.22. The molecule has 22 heavy (non-hydrogen) atoms. The lowest BCUT2D eigenvalue weighted by Gasteiger charge is -2.21. The summed E-state index contributed by atoms with van der Waals surface area (Å²) < 4.78 is 4.91.